The third-order valence-electron chi connectivity index (χ3n) is 7.09. The Hall–Kier alpha value is -3.55. The van der Waals surface area contributed by atoms with Crippen molar-refractivity contribution in [1.82, 2.24) is 14.5 Å². The van der Waals surface area contributed by atoms with Crippen LogP contribution in [0.1, 0.15) is 38.2 Å². The van der Waals surface area contributed by atoms with Crippen LogP contribution >= 0.6 is 0 Å². The van der Waals surface area contributed by atoms with Crippen molar-refractivity contribution >= 4 is 16.8 Å². The molecule has 0 spiro atoms. The van der Waals surface area contributed by atoms with Crippen molar-refractivity contribution in [2.24, 2.45) is 0 Å². The van der Waals surface area contributed by atoms with Crippen molar-refractivity contribution < 1.29 is 14.3 Å². The first-order chi connectivity index (χ1) is 16.5. The smallest absolute Gasteiger partial charge is 0.331 e. The van der Waals surface area contributed by atoms with Crippen LogP contribution in [0.4, 0.5) is 0 Å². The molecule has 1 aliphatic heterocycles. The second-order valence-electron chi connectivity index (χ2n) is 9.06. The zero-order valence-corrected chi connectivity index (χ0v) is 19.3. The predicted molar refractivity (Wildman–Crippen MR) is 129 cm³/mol. The van der Waals surface area contributed by atoms with Gasteiger partial charge in [-0.25, -0.2) is 4.79 Å². The summed E-state index contributed by atoms with van der Waals surface area (Å²) < 4.78 is 14.0. The van der Waals surface area contributed by atoms with Crippen LogP contribution in [0, 0.1) is 0 Å². The van der Waals surface area contributed by atoms with E-state index in [4.69, 9.17) is 9.47 Å². The van der Waals surface area contributed by atoms with E-state index >= 15 is 0 Å². The molecule has 0 radical (unpaired) electrons. The SMILES string of the molecule is CCn1c(=O)c2ccccc2n(CC(=O)NCC2(c3ccc4c(c3)OCCO4)CCCC2)c1=O. The van der Waals surface area contributed by atoms with Gasteiger partial charge in [0.1, 0.15) is 19.8 Å². The highest BCUT2D eigenvalue weighted by molar-refractivity contribution is 5.81. The molecule has 34 heavy (non-hydrogen) atoms. The van der Waals surface area contributed by atoms with Crippen molar-refractivity contribution in [2.45, 2.75) is 51.1 Å². The zero-order chi connectivity index (χ0) is 23.7. The summed E-state index contributed by atoms with van der Waals surface area (Å²) in [6, 6.07) is 13.0. The Morgan fingerprint density at radius 1 is 1.00 bits per heavy atom. The normalized spacial score (nSPS) is 16.5. The molecule has 0 atom stereocenters. The Kier molecular flexibility index (Phi) is 5.89. The highest BCUT2D eigenvalue weighted by Gasteiger charge is 2.37. The van der Waals surface area contributed by atoms with Crippen LogP contribution in [-0.2, 0) is 23.3 Å². The Balaban J connectivity index is 1.39. The molecule has 1 aromatic heterocycles. The van der Waals surface area contributed by atoms with E-state index in [1.54, 1.807) is 31.2 Å². The minimum Gasteiger partial charge on any atom is -0.486 e. The number of hydrogen-bond donors (Lipinski definition) is 1. The number of carbonyl (C=O) groups excluding carboxylic acids is 1. The highest BCUT2D eigenvalue weighted by Crippen LogP contribution is 2.43. The van der Waals surface area contributed by atoms with E-state index in [1.807, 2.05) is 12.1 Å². The molecule has 1 N–H and O–H groups in total. The summed E-state index contributed by atoms with van der Waals surface area (Å²) in [7, 11) is 0. The molecule has 2 heterocycles. The monoisotopic (exact) mass is 463 g/mol. The van der Waals surface area contributed by atoms with Crippen LogP contribution in [0.15, 0.2) is 52.1 Å². The number of amides is 1. The number of benzene rings is 2. The number of nitrogens with one attached hydrogen (secondary N) is 1. The van der Waals surface area contributed by atoms with E-state index in [1.165, 1.54) is 9.13 Å². The van der Waals surface area contributed by atoms with Gasteiger partial charge in [-0.3, -0.25) is 18.7 Å². The molecule has 1 saturated carbocycles. The number of ether oxygens (including phenoxy) is 2. The number of hydrogen-bond acceptors (Lipinski definition) is 5. The van der Waals surface area contributed by atoms with Gasteiger partial charge in [0.25, 0.3) is 5.56 Å². The molecule has 2 aromatic carbocycles. The van der Waals surface area contributed by atoms with Gasteiger partial charge in [0, 0.05) is 18.5 Å². The molecule has 178 valence electrons. The van der Waals surface area contributed by atoms with Gasteiger partial charge >= 0.3 is 5.69 Å². The Morgan fingerprint density at radius 3 is 2.50 bits per heavy atom. The Labute approximate surface area is 197 Å². The average Bonchev–Trinajstić information content (AvgIpc) is 3.36. The summed E-state index contributed by atoms with van der Waals surface area (Å²) in [5.41, 5.74) is 0.629. The van der Waals surface area contributed by atoms with E-state index in [-0.39, 0.29) is 30.0 Å². The van der Waals surface area contributed by atoms with Crippen molar-refractivity contribution in [3.05, 3.63) is 68.9 Å². The van der Waals surface area contributed by atoms with Gasteiger partial charge in [-0.15, -0.1) is 0 Å². The van der Waals surface area contributed by atoms with E-state index < -0.39 is 5.69 Å². The Bertz CT molecular complexity index is 1350. The summed E-state index contributed by atoms with van der Waals surface area (Å²) in [5, 5.41) is 3.51. The van der Waals surface area contributed by atoms with Crippen LogP contribution in [0.2, 0.25) is 0 Å². The molecule has 0 saturated heterocycles. The van der Waals surface area contributed by atoms with Gasteiger partial charge in [0.2, 0.25) is 5.91 Å². The van der Waals surface area contributed by atoms with Crippen LogP contribution in [0.5, 0.6) is 11.5 Å². The van der Waals surface area contributed by atoms with Crippen molar-refractivity contribution in [3.8, 4) is 11.5 Å². The van der Waals surface area contributed by atoms with Crippen LogP contribution in [0.3, 0.4) is 0 Å². The van der Waals surface area contributed by atoms with E-state index in [0.717, 1.165) is 42.7 Å². The van der Waals surface area contributed by atoms with E-state index in [9.17, 15) is 14.4 Å². The lowest BCUT2D eigenvalue weighted by Crippen LogP contribution is -2.44. The molecule has 0 unspecified atom stereocenters. The third-order valence-corrected chi connectivity index (χ3v) is 7.09. The second-order valence-corrected chi connectivity index (χ2v) is 9.06. The van der Waals surface area contributed by atoms with Crippen LogP contribution in [0.25, 0.3) is 10.9 Å². The molecular weight excluding hydrogens is 434 g/mol. The topological polar surface area (TPSA) is 91.6 Å². The Morgan fingerprint density at radius 2 is 1.74 bits per heavy atom. The largest absolute Gasteiger partial charge is 0.486 e. The van der Waals surface area contributed by atoms with Gasteiger partial charge in [0.05, 0.1) is 10.9 Å². The van der Waals surface area contributed by atoms with E-state index in [2.05, 4.69) is 11.4 Å². The minimum absolute atomic E-state index is 0.142. The van der Waals surface area contributed by atoms with E-state index in [0.29, 0.717) is 30.7 Å². The molecule has 1 fully saturated rings. The molecule has 5 rings (SSSR count). The summed E-state index contributed by atoms with van der Waals surface area (Å²) in [4.78, 5) is 38.7. The first-order valence-corrected chi connectivity index (χ1v) is 11.9. The molecular formula is C26H29N3O5. The summed E-state index contributed by atoms with van der Waals surface area (Å²) in [5.74, 6) is 1.25. The maximum atomic E-state index is 13.1. The molecule has 1 amide bonds. The van der Waals surface area contributed by atoms with Crippen molar-refractivity contribution in [1.29, 1.82) is 0 Å². The maximum Gasteiger partial charge on any atom is 0.331 e. The van der Waals surface area contributed by atoms with Crippen LogP contribution < -0.4 is 26.0 Å². The fourth-order valence-electron chi connectivity index (χ4n) is 5.26. The lowest BCUT2D eigenvalue weighted by atomic mass is 9.78. The molecule has 8 nitrogen and oxygen atoms in total. The molecule has 8 heteroatoms. The number of nitrogens with zero attached hydrogens (tertiary/aromatic N) is 2. The number of carbonyl (C=O) groups is 1. The van der Waals surface area contributed by atoms with Gasteiger partial charge < -0.3 is 14.8 Å². The third kappa shape index (κ3) is 3.87. The second kappa shape index (κ2) is 9.00. The predicted octanol–water partition coefficient (Wildman–Crippen LogP) is 2.58. The minimum atomic E-state index is -0.469. The quantitative estimate of drug-likeness (QED) is 0.607. The first-order valence-electron chi connectivity index (χ1n) is 11.9. The van der Waals surface area contributed by atoms with Crippen molar-refractivity contribution in [2.75, 3.05) is 19.8 Å². The summed E-state index contributed by atoms with van der Waals surface area (Å²) >= 11 is 0. The summed E-state index contributed by atoms with van der Waals surface area (Å²) in [6.07, 6.45) is 4.12. The lowest BCUT2D eigenvalue weighted by Gasteiger charge is -2.31. The fraction of sp³-hybridized carbons (Fsp3) is 0.423. The fourth-order valence-corrected chi connectivity index (χ4v) is 5.26. The van der Waals surface area contributed by atoms with Crippen LogP contribution in [-0.4, -0.2) is 34.8 Å². The van der Waals surface area contributed by atoms with Crippen molar-refractivity contribution in [3.63, 3.8) is 0 Å². The van der Waals surface area contributed by atoms with Gasteiger partial charge in [-0.05, 0) is 49.6 Å². The molecule has 0 bridgehead atoms. The first kappa shape index (κ1) is 22.3. The molecule has 3 aromatic rings. The lowest BCUT2D eigenvalue weighted by molar-refractivity contribution is -0.121. The number of para-hydroxylation sites is 1. The number of aromatic nitrogens is 2. The summed E-state index contributed by atoms with van der Waals surface area (Å²) in [6.45, 7) is 3.41. The zero-order valence-electron chi connectivity index (χ0n) is 19.3. The van der Waals surface area contributed by atoms with Gasteiger partial charge in [-0.1, -0.05) is 31.0 Å². The average molecular weight is 464 g/mol. The molecule has 1 aliphatic carbocycles. The maximum absolute atomic E-state index is 13.1. The standard InChI is InChI=1S/C26H29N3O5/c1-2-28-24(31)19-7-3-4-8-20(19)29(25(28)32)16-23(30)27-17-26(11-5-6-12-26)18-9-10-21-22(15-18)34-14-13-33-21/h3-4,7-10,15H,2,5-6,11-14,16-17H2,1H3,(H,27,30). The number of rotatable bonds is 6. The van der Waals surface area contributed by atoms with Gasteiger partial charge in [-0.2, -0.15) is 0 Å². The van der Waals surface area contributed by atoms with Gasteiger partial charge in [0.15, 0.2) is 11.5 Å². The molecule has 2 aliphatic rings. The number of fused-ring (bicyclic) bond motifs is 2. The highest BCUT2D eigenvalue weighted by atomic mass is 16.6.